The first kappa shape index (κ1) is 21.7. The van der Waals surface area contributed by atoms with Crippen molar-refractivity contribution in [2.24, 2.45) is 0 Å². The summed E-state index contributed by atoms with van der Waals surface area (Å²) in [6.07, 6.45) is 3.33. The summed E-state index contributed by atoms with van der Waals surface area (Å²) in [6.45, 7) is 0.196. The zero-order valence-corrected chi connectivity index (χ0v) is 18.8. The number of halogens is 1. The molecular formula is C23H18ClN3O4S. The zero-order valence-electron chi connectivity index (χ0n) is 17.2. The molecule has 0 aliphatic carbocycles. The minimum absolute atomic E-state index is 0.174. The van der Waals surface area contributed by atoms with Gasteiger partial charge in [-0.1, -0.05) is 41.1 Å². The van der Waals surface area contributed by atoms with Crippen LogP contribution in [0.2, 0.25) is 5.02 Å². The minimum Gasteiger partial charge on any atom is -0.494 e. The van der Waals surface area contributed by atoms with Gasteiger partial charge in [-0.15, -0.1) is 0 Å². The monoisotopic (exact) mass is 467 g/mol. The summed E-state index contributed by atoms with van der Waals surface area (Å²) < 4.78 is 11.0. The quantitative estimate of drug-likeness (QED) is 0.372. The Bertz CT molecular complexity index is 1290. The summed E-state index contributed by atoms with van der Waals surface area (Å²) in [5.74, 6) is -0.441. The Morgan fingerprint density at radius 1 is 1.06 bits per heavy atom. The molecule has 4 aromatic rings. The van der Waals surface area contributed by atoms with Crippen molar-refractivity contribution in [3.05, 3.63) is 82.6 Å². The first-order chi connectivity index (χ1) is 15.5. The molecule has 1 amide bonds. The van der Waals surface area contributed by atoms with E-state index in [1.54, 1.807) is 62.0 Å². The van der Waals surface area contributed by atoms with Gasteiger partial charge in [-0.05, 0) is 35.9 Å². The van der Waals surface area contributed by atoms with Crippen LogP contribution in [0.25, 0.3) is 10.2 Å². The van der Waals surface area contributed by atoms with Crippen LogP contribution >= 0.6 is 22.9 Å². The number of fused-ring (bicyclic) bond motifs is 1. The number of methoxy groups -OCH3 is 2. The molecule has 0 saturated heterocycles. The smallest absolute Gasteiger partial charge is 0.338 e. The van der Waals surface area contributed by atoms with Gasteiger partial charge in [0.15, 0.2) is 5.13 Å². The number of rotatable bonds is 6. The lowest BCUT2D eigenvalue weighted by Gasteiger charge is -2.21. The molecule has 0 aliphatic rings. The van der Waals surface area contributed by atoms with E-state index in [-0.39, 0.29) is 17.7 Å². The average Bonchev–Trinajstić information content (AvgIpc) is 3.28. The van der Waals surface area contributed by atoms with Gasteiger partial charge in [0.05, 0.1) is 41.6 Å². The van der Waals surface area contributed by atoms with Gasteiger partial charge in [-0.25, -0.2) is 9.78 Å². The van der Waals surface area contributed by atoms with Crippen LogP contribution in [0.4, 0.5) is 5.13 Å². The lowest BCUT2D eigenvalue weighted by molar-refractivity contribution is 0.0597. The number of ether oxygens (including phenoxy) is 2. The molecule has 0 fully saturated rings. The molecule has 0 bridgehead atoms. The molecule has 0 unspecified atom stereocenters. The maximum absolute atomic E-state index is 13.7. The van der Waals surface area contributed by atoms with E-state index in [0.717, 1.165) is 5.56 Å². The fraction of sp³-hybridized carbons (Fsp3) is 0.130. The van der Waals surface area contributed by atoms with Crippen LogP contribution in [0.15, 0.2) is 60.9 Å². The minimum atomic E-state index is -0.593. The van der Waals surface area contributed by atoms with E-state index < -0.39 is 11.9 Å². The second-order valence-electron chi connectivity index (χ2n) is 6.71. The molecule has 0 N–H and O–H groups in total. The third-order valence-corrected chi connectivity index (χ3v) is 6.31. The highest BCUT2D eigenvalue weighted by Gasteiger charge is 2.27. The summed E-state index contributed by atoms with van der Waals surface area (Å²) in [5.41, 5.74) is 1.74. The molecule has 162 valence electrons. The molecule has 32 heavy (non-hydrogen) atoms. The number of amides is 1. The van der Waals surface area contributed by atoms with Crippen LogP contribution in [-0.4, -0.2) is 36.1 Å². The van der Waals surface area contributed by atoms with Crippen LogP contribution in [0.5, 0.6) is 5.75 Å². The zero-order chi connectivity index (χ0) is 22.7. The molecule has 2 aromatic carbocycles. The van der Waals surface area contributed by atoms with Crippen molar-refractivity contribution in [3.8, 4) is 5.75 Å². The Morgan fingerprint density at radius 2 is 1.84 bits per heavy atom. The lowest BCUT2D eigenvalue weighted by atomic mass is 10.1. The van der Waals surface area contributed by atoms with Crippen LogP contribution in [0.3, 0.4) is 0 Å². The predicted octanol–water partition coefficient (Wildman–Crippen LogP) is 4.99. The van der Waals surface area contributed by atoms with E-state index in [1.165, 1.54) is 23.3 Å². The molecule has 0 spiro atoms. The molecular weight excluding hydrogens is 450 g/mol. The second-order valence-corrected chi connectivity index (χ2v) is 8.10. The van der Waals surface area contributed by atoms with Crippen LogP contribution in [-0.2, 0) is 11.3 Å². The molecule has 2 aromatic heterocycles. The fourth-order valence-corrected chi connectivity index (χ4v) is 4.48. The Balaban J connectivity index is 1.86. The number of anilines is 1. The highest BCUT2D eigenvalue weighted by Crippen LogP contribution is 2.39. The number of esters is 1. The van der Waals surface area contributed by atoms with Crippen LogP contribution in [0.1, 0.15) is 26.3 Å². The molecule has 0 aliphatic heterocycles. The van der Waals surface area contributed by atoms with Crippen LogP contribution in [0, 0.1) is 0 Å². The van der Waals surface area contributed by atoms with E-state index in [4.69, 9.17) is 21.1 Å². The highest BCUT2D eigenvalue weighted by atomic mass is 35.5. The van der Waals surface area contributed by atoms with E-state index in [0.29, 0.717) is 26.1 Å². The number of carbonyl (C=O) groups is 2. The SMILES string of the molecule is COC(=O)c1ccccc1C(=O)N(Cc1cccnc1)c1nc2c(OC)ccc(Cl)c2s1. The number of hydrogen-bond donors (Lipinski definition) is 0. The van der Waals surface area contributed by atoms with Gasteiger partial charge in [0, 0.05) is 12.4 Å². The molecule has 9 heteroatoms. The topological polar surface area (TPSA) is 81.6 Å². The fourth-order valence-electron chi connectivity index (χ4n) is 3.22. The summed E-state index contributed by atoms with van der Waals surface area (Å²) >= 11 is 7.66. The molecule has 0 radical (unpaired) electrons. The molecule has 2 heterocycles. The number of aromatic nitrogens is 2. The van der Waals surface area contributed by atoms with Crippen molar-refractivity contribution in [3.63, 3.8) is 0 Å². The second kappa shape index (κ2) is 9.33. The van der Waals surface area contributed by atoms with Gasteiger partial charge in [0.2, 0.25) is 0 Å². The number of thiazole rings is 1. The molecule has 7 nitrogen and oxygen atoms in total. The Labute approximate surface area is 193 Å². The van der Waals surface area contributed by atoms with Crippen molar-refractivity contribution in [2.45, 2.75) is 6.54 Å². The van der Waals surface area contributed by atoms with Gasteiger partial charge in [-0.2, -0.15) is 0 Å². The normalized spacial score (nSPS) is 10.7. The van der Waals surface area contributed by atoms with Gasteiger partial charge >= 0.3 is 5.97 Å². The largest absolute Gasteiger partial charge is 0.494 e. The summed E-state index contributed by atoms with van der Waals surface area (Å²) in [6, 6.07) is 13.6. The molecule has 0 atom stereocenters. The first-order valence-corrected chi connectivity index (χ1v) is 10.7. The Kier molecular flexibility index (Phi) is 6.34. The first-order valence-electron chi connectivity index (χ1n) is 9.54. The molecule has 4 rings (SSSR count). The van der Waals surface area contributed by atoms with Gasteiger partial charge in [-0.3, -0.25) is 14.7 Å². The van der Waals surface area contributed by atoms with Gasteiger partial charge in [0.1, 0.15) is 11.3 Å². The maximum Gasteiger partial charge on any atom is 0.338 e. The number of pyridine rings is 1. The third-order valence-electron chi connectivity index (χ3n) is 4.77. The van der Waals surface area contributed by atoms with Crippen molar-refractivity contribution in [1.29, 1.82) is 0 Å². The lowest BCUT2D eigenvalue weighted by Crippen LogP contribution is -2.31. The molecule has 0 saturated carbocycles. The van der Waals surface area contributed by atoms with E-state index in [2.05, 4.69) is 9.97 Å². The van der Waals surface area contributed by atoms with Gasteiger partial charge in [0.25, 0.3) is 5.91 Å². The van der Waals surface area contributed by atoms with Gasteiger partial charge < -0.3 is 9.47 Å². The van der Waals surface area contributed by atoms with Crippen molar-refractivity contribution >= 4 is 50.2 Å². The number of nitrogens with zero attached hydrogens (tertiary/aromatic N) is 3. The Morgan fingerprint density at radius 3 is 2.53 bits per heavy atom. The van der Waals surface area contributed by atoms with Crippen molar-refractivity contribution in [1.82, 2.24) is 9.97 Å². The van der Waals surface area contributed by atoms with E-state index in [1.807, 2.05) is 6.07 Å². The third kappa shape index (κ3) is 4.15. The van der Waals surface area contributed by atoms with Crippen molar-refractivity contribution < 1.29 is 19.1 Å². The Hall–Kier alpha value is -3.49. The average molecular weight is 468 g/mol. The number of carbonyl (C=O) groups excluding carboxylic acids is 2. The summed E-state index contributed by atoms with van der Waals surface area (Å²) in [7, 11) is 2.83. The predicted molar refractivity (Wildman–Crippen MR) is 124 cm³/mol. The number of hydrogen-bond acceptors (Lipinski definition) is 7. The van der Waals surface area contributed by atoms with Crippen LogP contribution < -0.4 is 9.64 Å². The summed E-state index contributed by atoms with van der Waals surface area (Å²) in [5, 5.41) is 0.924. The standard InChI is InChI=1S/C23H18ClN3O4S/c1-30-18-10-9-17(24)20-19(18)26-23(32-20)27(13-14-6-5-11-25-12-14)21(28)15-7-3-4-8-16(15)22(29)31-2/h3-12H,13H2,1-2H3. The maximum atomic E-state index is 13.7. The summed E-state index contributed by atoms with van der Waals surface area (Å²) in [4.78, 5) is 36.3. The van der Waals surface area contributed by atoms with Crippen molar-refractivity contribution in [2.75, 3.05) is 19.1 Å². The number of benzene rings is 2. The van der Waals surface area contributed by atoms with E-state index in [9.17, 15) is 9.59 Å². The highest BCUT2D eigenvalue weighted by molar-refractivity contribution is 7.23. The van der Waals surface area contributed by atoms with E-state index >= 15 is 0 Å².